The Morgan fingerprint density at radius 1 is 1.21 bits per heavy atom. The Labute approximate surface area is 129 Å². The summed E-state index contributed by atoms with van der Waals surface area (Å²) in [6.45, 7) is 0.256. The van der Waals surface area contributed by atoms with Crippen molar-refractivity contribution in [3.05, 3.63) is 49.9 Å². The molecule has 0 saturated carbocycles. The molecule has 0 radical (unpaired) electrons. The number of benzene rings is 1. The summed E-state index contributed by atoms with van der Waals surface area (Å²) >= 11 is 18.2. The minimum absolute atomic E-state index is 0.122. The lowest BCUT2D eigenvalue weighted by molar-refractivity contribution is 0.0515. The van der Waals surface area contributed by atoms with Crippen molar-refractivity contribution in [1.82, 2.24) is 4.37 Å². The van der Waals surface area contributed by atoms with Gasteiger partial charge in [-0.3, -0.25) is 0 Å². The van der Waals surface area contributed by atoms with E-state index in [0.717, 1.165) is 17.1 Å². The van der Waals surface area contributed by atoms with Crippen molar-refractivity contribution < 1.29 is 9.53 Å². The minimum atomic E-state index is -0.511. The Balaban J connectivity index is 1.87. The van der Waals surface area contributed by atoms with Crippen molar-refractivity contribution >= 4 is 52.3 Å². The summed E-state index contributed by atoms with van der Waals surface area (Å²) in [5.41, 5.74) is 1.03. The Kier molecular flexibility index (Phi) is 5.05. The first-order chi connectivity index (χ1) is 9.08. The van der Waals surface area contributed by atoms with Crippen molar-refractivity contribution in [2.75, 3.05) is 6.61 Å². The number of hydrogen-bond acceptors (Lipinski definition) is 4. The highest BCUT2D eigenvalue weighted by molar-refractivity contribution is 7.09. The second-order valence-electron chi connectivity index (χ2n) is 3.63. The van der Waals surface area contributed by atoms with Crippen LogP contribution in [0.2, 0.25) is 15.2 Å². The van der Waals surface area contributed by atoms with Crippen molar-refractivity contribution in [2.45, 2.75) is 6.42 Å². The zero-order valence-corrected chi connectivity index (χ0v) is 12.6. The Morgan fingerprint density at radius 2 is 1.89 bits per heavy atom. The average molecular weight is 337 g/mol. The molecule has 0 bridgehead atoms. The number of nitrogens with zero attached hydrogens (tertiary/aromatic N) is 1. The average Bonchev–Trinajstić information content (AvgIpc) is 2.72. The number of aromatic nitrogens is 1. The summed E-state index contributed by atoms with van der Waals surface area (Å²) in [6.07, 6.45) is 0.604. The highest BCUT2D eigenvalue weighted by Gasteiger charge is 2.18. The Bertz CT molecular complexity index is 583. The lowest BCUT2D eigenvalue weighted by Gasteiger charge is -2.03. The fourth-order valence-electron chi connectivity index (χ4n) is 1.36. The van der Waals surface area contributed by atoms with E-state index >= 15 is 0 Å². The maximum Gasteiger partial charge on any atom is 0.351 e. The SMILES string of the molecule is O=C(OCCc1ccc(Cl)cc1)c1snc(Cl)c1Cl. The van der Waals surface area contributed by atoms with Gasteiger partial charge >= 0.3 is 5.97 Å². The molecule has 0 N–H and O–H groups in total. The molecule has 0 saturated heterocycles. The number of carbonyl (C=O) groups is 1. The third-order valence-corrected chi connectivity index (χ3v) is 4.35. The molecule has 19 heavy (non-hydrogen) atoms. The molecule has 1 heterocycles. The van der Waals surface area contributed by atoms with Crippen LogP contribution in [0.3, 0.4) is 0 Å². The second kappa shape index (κ2) is 6.57. The van der Waals surface area contributed by atoms with E-state index in [1.165, 1.54) is 0 Å². The van der Waals surface area contributed by atoms with Gasteiger partial charge in [-0.15, -0.1) is 0 Å². The number of halogens is 3. The summed E-state index contributed by atoms with van der Waals surface area (Å²) < 4.78 is 8.88. The molecule has 7 heteroatoms. The van der Waals surface area contributed by atoms with Crippen LogP contribution in [0.15, 0.2) is 24.3 Å². The second-order valence-corrected chi connectivity index (χ2v) is 5.57. The normalized spacial score (nSPS) is 10.5. The molecule has 0 atom stereocenters. The molecule has 0 aliphatic carbocycles. The summed E-state index contributed by atoms with van der Waals surface area (Å²) in [7, 11) is 0. The van der Waals surface area contributed by atoms with E-state index < -0.39 is 5.97 Å². The first kappa shape index (κ1) is 14.6. The van der Waals surface area contributed by atoms with Crippen LogP contribution >= 0.6 is 46.3 Å². The van der Waals surface area contributed by atoms with Crippen LogP contribution in [0.1, 0.15) is 15.2 Å². The van der Waals surface area contributed by atoms with Gasteiger partial charge in [0.05, 0.1) is 6.61 Å². The van der Waals surface area contributed by atoms with Gasteiger partial charge < -0.3 is 4.74 Å². The molecular weight excluding hydrogens is 329 g/mol. The summed E-state index contributed by atoms with van der Waals surface area (Å²) in [5.74, 6) is -0.511. The third-order valence-electron chi connectivity index (χ3n) is 2.32. The molecule has 2 aromatic rings. The van der Waals surface area contributed by atoms with E-state index in [1.807, 2.05) is 12.1 Å². The van der Waals surface area contributed by atoms with Crippen LogP contribution < -0.4 is 0 Å². The molecule has 0 fully saturated rings. The maximum atomic E-state index is 11.7. The van der Waals surface area contributed by atoms with Crippen molar-refractivity contribution in [2.24, 2.45) is 0 Å². The van der Waals surface area contributed by atoms with Gasteiger partial charge in [0.2, 0.25) is 0 Å². The molecule has 2 rings (SSSR count). The first-order valence-corrected chi connectivity index (χ1v) is 7.21. The standard InChI is InChI=1S/C12H8Cl3NO2S/c13-8-3-1-7(2-4-8)5-6-18-12(17)10-9(14)11(15)16-19-10/h1-4H,5-6H2. The van der Waals surface area contributed by atoms with E-state index in [-0.39, 0.29) is 21.7 Å². The summed E-state index contributed by atoms with van der Waals surface area (Å²) in [6, 6.07) is 7.34. The highest BCUT2D eigenvalue weighted by Crippen LogP contribution is 2.28. The van der Waals surface area contributed by atoms with Crippen LogP contribution in [-0.2, 0) is 11.2 Å². The van der Waals surface area contributed by atoms with E-state index in [2.05, 4.69) is 4.37 Å². The number of ether oxygens (including phenoxy) is 1. The lowest BCUT2D eigenvalue weighted by Crippen LogP contribution is -2.07. The maximum absolute atomic E-state index is 11.7. The molecule has 0 unspecified atom stereocenters. The molecule has 0 amide bonds. The van der Waals surface area contributed by atoms with Crippen LogP contribution in [0.4, 0.5) is 0 Å². The highest BCUT2D eigenvalue weighted by atomic mass is 35.5. The Hall–Kier alpha value is -0.810. The molecule has 0 spiro atoms. The number of hydrogen-bond donors (Lipinski definition) is 0. The van der Waals surface area contributed by atoms with Crippen LogP contribution in [0, 0.1) is 0 Å². The van der Waals surface area contributed by atoms with Gasteiger partial charge in [-0.2, -0.15) is 4.37 Å². The predicted molar refractivity (Wildman–Crippen MR) is 77.6 cm³/mol. The van der Waals surface area contributed by atoms with E-state index in [4.69, 9.17) is 39.5 Å². The topological polar surface area (TPSA) is 39.2 Å². The minimum Gasteiger partial charge on any atom is -0.461 e. The Morgan fingerprint density at radius 3 is 2.47 bits per heavy atom. The fourth-order valence-corrected chi connectivity index (χ4v) is 2.59. The van der Waals surface area contributed by atoms with Gasteiger partial charge in [0, 0.05) is 11.4 Å². The quantitative estimate of drug-likeness (QED) is 0.772. The van der Waals surface area contributed by atoms with Crippen molar-refractivity contribution in [3.63, 3.8) is 0 Å². The zero-order valence-electron chi connectivity index (χ0n) is 9.53. The van der Waals surface area contributed by atoms with Gasteiger partial charge in [-0.05, 0) is 29.2 Å². The number of rotatable bonds is 4. The van der Waals surface area contributed by atoms with Gasteiger partial charge in [0.25, 0.3) is 0 Å². The fraction of sp³-hybridized carbons (Fsp3) is 0.167. The van der Waals surface area contributed by atoms with E-state index in [1.54, 1.807) is 12.1 Å². The van der Waals surface area contributed by atoms with Gasteiger partial charge in [-0.25, -0.2) is 4.79 Å². The van der Waals surface area contributed by atoms with Crippen LogP contribution in [0.25, 0.3) is 0 Å². The molecule has 1 aromatic heterocycles. The molecule has 0 aliphatic heterocycles. The van der Waals surface area contributed by atoms with Crippen LogP contribution in [0.5, 0.6) is 0 Å². The molecule has 1 aromatic carbocycles. The third kappa shape index (κ3) is 3.83. The summed E-state index contributed by atoms with van der Waals surface area (Å²) in [4.78, 5) is 11.9. The molecule has 3 nitrogen and oxygen atoms in total. The van der Waals surface area contributed by atoms with Gasteiger partial charge in [-0.1, -0.05) is 46.9 Å². The van der Waals surface area contributed by atoms with E-state index in [0.29, 0.717) is 11.4 Å². The van der Waals surface area contributed by atoms with Gasteiger partial charge in [0.15, 0.2) is 10.0 Å². The largest absolute Gasteiger partial charge is 0.461 e. The molecular formula is C12H8Cl3NO2S. The predicted octanol–water partition coefficient (Wildman–Crippen LogP) is 4.50. The number of carbonyl (C=O) groups excluding carboxylic acids is 1. The lowest BCUT2D eigenvalue weighted by atomic mass is 10.2. The number of esters is 1. The van der Waals surface area contributed by atoms with E-state index in [9.17, 15) is 4.79 Å². The molecule has 100 valence electrons. The van der Waals surface area contributed by atoms with Gasteiger partial charge in [0.1, 0.15) is 5.02 Å². The monoisotopic (exact) mass is 335 g/mol. The summed E-state index contributed by atoms with van der Waals surface area (Å²) in [5, 5.41) is 0.936. The van der Waals surface area contributed by atoms with Crippen molar-refractivity contribution in [3.8, 4) is 0 Å². The first-order valence-electron chi connectivity index (χ1n) is 5.30. The zero-order chi connectivity index (χ0) is 13.8. The van der Waals surface area contributed by atoms with Crippen LogP contribution in [-0.4, -0.2) is 16.9 Å². The smallest absolute Gasteiger partial charge is 0.351 e. The van der Waals surface area contributed by atoms with Crippen molar-refractivity contribution in [1.29, 1.82) is 0 Å². The molecule has 0 aliphatic rings.